The van der Waals surface area contributed by atoms with Crippen molar-refractivity contribution in [2.45, 2.75) is 185 Å². The average Bonchev–Trinajstić information content (AvgIpc) is 1.68. The van der Waals surface area contributed by atoms with Crippen molar-refractivity contribution in [1.29, 1.82) is 0 Å². The van der Waals surface area contributed by atoms with Crippen LogP contribution in [0, 0.1) is 68.0 Å². The molecule has 0 aliphatic heterocycles. The highest BCUT2D eigenvalue weighted by molar-refractivity contribution is 8.79. The number of carbonyl (C=O) groups is 3. The van der Waals surface area contributed by atoms with E-state index in [-0.39, 0.29) is 136 Å². The Kier molecular flexibility index (Phi) is 49.3. The van der Waals surface area contributed by atoms with Crippen LogP contribution in [0.3, 0.4) is 0 Å². The Bertz CT molecular complexity index is 4130. The molecule has 6 aliphatic carbocycles. The summed E-state index contributed by atoms with van der Waals surface area (Å²) in [6.07, 6.45) is 10.0. The van der Waals surface area contributed by atoms with Gasteiger partial charge in [0.25, 0.3) is 0 Å². The Balaban J connectivity index is 0.000000323. The van der Waals surface area contributed by atoms with Crippen LogP contribution in [-0.4, -0.2) is 95.4 Å². The Morgan fingerprint density at radius 1 is 0.485 bits per heavy atom. The molecule has 12 nitrogen and oxygen atoms in total. The largest absolute Gasteiger partial charge is 0.396 e. The quantitative estimate of drug-likeness (QED) is 0.0762. The second kappa shape index (κ2) is 51.7. The summed E-state index contributed by atoms with van der Waals surface area (Å²) >= 11 is 9.56. The molecule has 6 fully saturated rings. The molecule has 16 atom stereocenters. The number of rotatable bonds is 20. The number of aliphatic hydroxyl groups is 1. The first-order valence-corrected chi connectivity index (χ1v) is 66.3. The van der Waals surface area contributed by atoms with Crippen molar-refractivity contribution < 1.29 is 57.4 Å². The molecule has 2 unspecified atom stereocenters. The maximum absolute atomic E-state index is 13.6. The maximum Gasteiger partial charge on any atom is 0.147 e. The van der Waals surface area contributed by atoms with Gasteiger partial charge in [-0.2, -0.15) is 0 Å². The van der Waals surface area contributed by atoms with Gasteiger partial charge in [-0.05, 0) is 115 Å². The Labute approximate surface area is 682 Å². The van der Waals surface area contributed by atoms with Crippen molar-refractivity contribution >= 4 is 262 Å². The molecule has 101 heavy (non-hydrogen) atoms. The summed E-state index contributed by atoms with van der Waals surface area (Å²) < 4.78 is 48.8. The molecule has 1 N–H and O–H groups in total. The molecular formula is C62H98O12S27. The van der Waals surface area contributed by atoms with Crippen molar-refractivity contribution in [3.63, 3.8) is 0 Å². The molecule has 2 aromatic rings. The lowest BCUT2D eigenvalue weighted by molar-refractivity contribution is -0.248. The van der Waals surface area contributed by atoms with Gasteiger partial charge in [0.05, 0.1) is 37.6 Å². The Hall–Kier alpha value is 3.03. The van der Waals surface area contributed by atoms with Gasteiger partial charge in [-0.25, -0.2) is 0 Å². The van der Waals surface area contributed by atoms with Gasteiger partial charge in [-0.1, -0.05) is 131 Å². The minimum absolute atomic E-state index is 0. The number of Topliss-reactive ketones (excluding diaryl/α,β-unsaturated/α-hetero) is 2. The Morgan fingerprint density at radius 2 is 0.822 bits per heavy atom. The molecule has 4 bridgehead atoms. The molecule has 0 spiro atoms. The number of ether oxygens (including phenoxy) is 8. The van der Waals surface area contributed by atoms with Crippen molar-refractivity contribution in [2.24, 2.45) is 68.0 Å². The van der Waals surface area contributed by atoms with Crippen molar-refractivity contribution in [3.05, 3.63) is 71.8 Å². The molecule has 6 aliphatic rings. The van der Waals surface area contributed by atoms with E-state index in [1.165, 1.54) is 17.8 Å². The summed E-state index contributed by atoms with van der Waals surface area (Å²) in [4.78, 5) is 39.6. The molecule has 0 heterocycles. The number of aliphatic hydroxyl groups excluding tert-OH is 1. The van der Waals surface area contributed by atoms with Crippen molar-refractivity contribution in [2.75, 3.05) is 48.0 Å². The van der Waals surface area contributed by atoms with Gasteiger partial charge in [-0.15, -0.1) is 0 Å². The first kappa shape index (κ1) is 96.4. The Morgan fingerprint density at radius 3 is 1.15 bits per heavy atom. The molecule has 6 saturated carbocycles. The van der Waals surface area contributed by atoms with E-state index in [9.17, 15) is 19.5 Å². The molecule has 580 valence electrons. The molecule has 39 heteroatoms. The minimum Gasteiger partial charge on any atom is -0.396 e. The number of methoxy groups -OCH3 is 2. The zero-order chi connectivity index (χ0) is 71.6. The first-order valence-electron chi connectivity index (χ1n) is 31.7. The lowest BCUT2D eigenvalue weighted by atomic mass is 9.43. The third-order valence-corrected chi connectivity index (χ3v) is 74.7. The predicted molar refractivity (Wildman–Crippen MR) is 487 cm³/mol. The lowest BCUT2D eigenvalue weighted by Gasteiger charge is -2.63. The molecule has 0 amide bonds. The van der Waals surface area contributed by atoms with Gasteiger partial charge in [0, 0.05) is 307 Å². The first-order chi connectivity index (χ1) is 47.9. The van der Waals surface area contributed by atoms with Crippen LogP contribution < -0.4 is 0 Å². The number of carbonyl (C=O) groups excluding carboxylic acids is 3. The fraction of sp³-hybridized carbons (Fsp3) is 0.758. The normalized spacial score (nSPS) is 30.8. The van der Waals surface area contributed by atoms with Crippen LogP contribution in [0.15, 0.2) is 60.7 Å². The third kappa shape index (κ3) is 27.1. The monoisotopic (exact) mass is 1900 g/mol. The van der Waals surface area contributed by atoms with Crippen LogP contribution in [-0.2, 0) is 310 Å². The van der Waals surface area contributed by atoms with E-state index in [0.717, 1.165) is 75.2 Å². The van der Waals surface area contributed by atoms with Crippen LogP contribution in [0.4, 0.5) is 0 Å². The number of hydrogen-bond donors (Lipinski definition) is 1. The van der Waals surface area contributed by atoms with Crippen LogP contribution >= 0.6 is 0 Å². The molecule has 8 rings (SSSR count). The summed E-state index contributed by atoms with van der Waals surface area (Å²) in [6.45, 7) is 19.7. The second-order valence-electron chi connectivity index (χ2n) is 25.6. The van der Waals surface area contributed by atoms with E-state index in [1.54, 1.807) is 139 Å². The molecule has 2 aromatic carbocycles. The van der Waals surface area contributed by atoms with Crippen LogP contribution in [0.1, 0.15) is 158 Å². The summed E-state index contributed by atoms with van der Waals surface area (Å²) in [7, 11) is 46.9. The van der Waals surface area contributed by atoms with Gasteiger partial charge >= 0.3 is 0 Å². The van der Waals surface area contributed by atoms with E-state index in [1.807, 2.05) is 128 Å². The number of ketones is 2. The predicted octanol–water partition coefficient (Wildman–Crippen LogP) is 12.1. The highest BCUT2D eigenvalue weighted by atomic mass is 33.5. The van der Waals surface area contributed by atoms with E-state index in [2.05, 4.69) is 67.5 Å². The van der Waals surface area contributed by atoms with Gasteiger partial charge < -0.3 is 47.8 Å². The maximum atomic E-state index is 13.6. The summed E-state index contributed by atoms with van der Waals surface area (Å²) in [5.74, 6) is 0.387. The fourth-order valence-corrected chi connectivity index (χ4v) is 79.7. The zero-order valence-electron chi connectivity index (χ0n) is 56.5. The van der Waals surface area contributed by atoms with Crippen molar-refractivity contribution in [3.8, 4) is 0 Å². The van der Waals surface area contributed by atoms with Gasteiger partial charge in [0.2, 0.25) is 0 Å². The number of aldehydes is 1. The summed E-state index contributed by atoms with van der Waals surface area (Å²) in [5.41, 5.74) is 0.454. The molecule has 0 saturated heterocycles. The van der Waals surface area contributed by atoms with E-state index >= 15 is 0 Å². The highest BCUT2D eigenvalue weighted by Gasteiger charge is 2.70. The van der Waals surface area contributed by atoms with E-state index < -0.39 is 10.8 Å². The van der Waals surface area contributed by atoms with E-state index in [4.69, 9.17) is 60.3 Å². The van der Waals surface area contributed by atoms with Crippen LogP contribution in [0.5, 0.6) is 0 Å². The lowest BCUT2D eigenvalue weighted by Crippen LogP contribution is -2.64. The van der Waals surface area contributed by atoms with Gasteiger partial charge in [0.15, 0.2) is 0 Å². The second-order valence-corrected chi connectivity index (χ2v) is 69.8. The average molecular weight is 1900 g/mol. The number of benzene rings is 2. The molecule has 0 radical (unpaired) electrons. The topological polar surface area (TPSA) is 145 Å². The SMILES string of the molecule is C.C.CC[C@]1(C)C[C@@H](OCOC)[C@@]2(C)C3C(=O)CC[C@@]3(CC[C@H]2C=O)[C@@H](C)[C@@H]1OCOCc1ccccc1.CC[C@]1(C)C[C@@H](OCOC)[C@@]2(C)C3C(=O)CC[C@@]3(CC[C@H]2CO)[C@@H](C)[C@@H]1OCOCc1ccccc1.S=S=S=S=S=S=S=S=S=S=S=S=S=S=S=S=S=S=S=S=S=S=S=S=S=S=S. The summed E-state index contributed by atoms with van der Waals surface area (Å²) in [6, 6.07) is 20.3. The van der Waals surface area contributed by atoms with E-state index in [0.29, 0.717) is 38.3 Å². The molecular weight excluding hydrogens is 1800 g/mol. The molecule has 0 aromatic heterocycles. The highest BCUT2D eigenvalue weighted by Crippen LogP contribution is 2.70. The van der Waals surface area contributed by atoms with Gasteiger partial charge in [-0.3, -0.25) is 9.59 Å². The zero-order valence-corrected chi connectivity index (χ0v) is 78.6. The van der Waals surface area contributed by atoms with Crippen LogP contribution in [0.25, 0.3) is 0 Å². The van der Waals surface area contributed by atoms with Crippen molar-refractivity contribution in [1.82, 2.24) is 0 Å². The minimum atomic E-state index is -0.564. The van der Waals surface area contributed by atoms with Crippen LogP contribution in [0.2, 0.25) is 0 Å². The smallest absolute Gasteiger partial charge is 0.147 e. The third-order valence-electron chi connectivity index (χ3n) is 21.4. The summed E-state index contributed by atoms with van der Waals surface area (Å²) in [5, 5.41) is 10.5. The van der Waals surface area contributed by atoms with Gasteiger partial charge in [0.1, 0.15) is 45.0 Å². The number of hydrogen-bond acceptors (Lipinski definition) is 14. The standard InChI is InChI=1S/C30H46O6.C30H44O6.2CH4.S27/c2*1-6-28(3)16-25(35-19-33-5)29(4)23(17-31)12-14-30(15-13-24(32)26(29)30)21(2)27(28)36-20-34-18-22-10-8-7-9-11-22;;;1-3-5-7-9-11-13-15-17-19-21-23-25-27-26-24-22-20-18-16-14-12-10-8-6-4-2/h7-11,21,23,25-27,31H,6,12-20H2,1-5H3;7-11,17,21,23,25-27H,6,12-16,18-20H2,1-5H3;2*1H4;/t2*21-,23-,25+,26?,27-,28+,29-,30-;;;/m00.../s1. The fourth-order valence-electron chi connectivity index (χ4n) is 16.6.